The number of aromatic nitrogens is 3. The van der Waals surface area contributed by atoms with Crippen LogP contribution < -0.4 is 16.6 Å². The van der Waals surface area contributed by atoms with E-state index in [4.69, 9.17) is 0 Å². The summed E-state index contributed by atoms with van der Waals surface area (Å²) >= 11 is 0. The molecule has 1 amide bonds. The molecule has 0 saturated heterocycles. The summed E-state index contributed by atoms with van der Waals surface area (Å²) in [5, 5.41) is 2.59. The van der Waals surface area contributed by atoms with Crippen LogP contribution in [0.5, 0.6) is 0 Å². The lowest BCUT2D eigenvalue weighted by Gasteiger charge is -2.12. The van der Waals surface area contributed by atoms with Gasteiger partial charge in [0, 0.05) is 13.2 Å². The van der Waals surface area contributed by atoms with E-state index in [-0.39, 0.29) is 22.3 Å². The first-order valence-corrected chi connectivity index (χ1v) is 9.11. The molecule has 0 atom stereocenters. The van der Waals surface area contributed by atoms with Crippen molar-refractivity contribution in [2.24, 2.45) is 7.05 Å². The number of fused-ring (bicyclic) bond motifs is 1. The number of aryl methyl sites for hydroxylation is 1. The van der Waals surface area contributed by atoms with E-state index in [0.29, 0.717) is 5.69 Å². The first kappa shape index (κ1) is 19.3. The van der Waals surface area contributed by atoms with E-state index >= 15 is 0 Å². The normalized spacial score (nSPS) is 10.9. The average molecular weight is 404 g/mol. The van der Waals surface area contributed by atoms with E-state index in [0.717, 1.165) is 10.1 Å². The van der Waals surface area contributed by atoms with E-state index in [1.165, 1.54) is 36.0 Å². The molecule has 7 nitrogen and oxygen atoms in total. The molecule has 150 valence electrons. The Bertz CT molecular complexity index is 1410. The number of halogens is 1. The molecule has 0 radical (unpaired) electrons. The van der Waals surface area contributed by atoms with Crippen molar-refractivity contribution in [3.8, 4) is 5.69 Å². The van der Waals surface area contributed by atoms with Crippen molar-refractivity contribution in [3.05, 3.63) is 98.6 Å². The molecule has 0 aliphatic carbocycles. The van der Waals surface area contributed by atoms with Gasteiger partial charge in [0.05, 0.1) is 22.3 Å². The quantitative estimate of drug-likeness (QED) is 0.569. The molecule has 30 heavy (non-hydrogen) atoms. The Kier molecular flexibility index (Phi) is 4.75. The van der Waals surface area contributed by atoms with Gasteiger partial charge in [-0.3, -0.25) is 14.2 Å². The van der Waals surface area contributed by atoms with E-state index in [2.05, 4.69) is 10.3 Å². The highest BCUT2D eigenvalue weighted by Crippen LogP contribution is 2.18. The molecule has 0 aliphatic heterocycles. The number of nitrogens with zero attached hydrogens (tertiary/aromatic N) is 3. The van der Waals surface area contributed by atoms with Gasteiger partial charge in [-0.2, -0.15) is 0 Å². The number of benzene rings is 2. The summed E-state index contributed by atoms with van der Waals surface area (Å²) in [6.45, 7) is 1.78. The summed E-state index contributed by atoms with van der Waals surface area (Å²) in [6, 6.07) is 14.5. The molecule has 0 aliphatic rings. The third-order valence-corrected chi connectivity index (χ3v) is 4.74. The van der Waals surface area contributed by atoms with Gasteiger partial charge in [0.1, 0.15) is 5.82 Å². The number of amides is 1. The number of rotatable bonds is 3. The summed E-state index contributed by atoms with van der Waals surface area (Å²) in [5.74, 6) is -1.19. The molecule has 4 aromatic rings. The van der Waals surface area contributed by atoms with Crippen molar-refractivity contribution in [3.63, 3.8) is 0 Å². The Hall–Kier alpha value is -4.07. The molecule has 0 fully saturated rings. The van der Waals surface area contributed by atoms with E-state index in [1.807, 2.05) is 0 Å². The number of nitrogens with one attached hydrogen (secondary N) is 1. The second-order valence-electron chi connectivity index (χ2n) is 6.85. The maximum atomic E-state index is 14.0. The zero-order valence-corrected chi connectivity index (χ0v) is 16.2. The summed E-state index contributed by atoms with van der Waals surface area (Å²) < 4.78 is 16.2. The monoisotopic (exact) mass is 404 g/mol. The van der Waals surface area contributed by atoms with Crippen molar-refractivity contribution >= 4 is 22.6 Å². The molecule has 0 bridgehead atoms. The molecular weight excluding hydrogens is 387 g/mol. The Morgan fingerprint density at radius 3 is 2.53 bits per heavy atom. The van der Waals surface area contributed by atoms with Crippen molar-refractivity contribution in [1.82, 2.24) is 14.1 Å². The van der Waals surface area contributed by atoms with Gasteiger partial charge in [-0.05, 0) is 42.8 Å². The number of hydrogen-bond acceptors (Lipinski definition) is 4. The molecule has 2 heterocycles. The molecular formula is C22H17FN4O3. The fraction of sp³-hybridized carbons (Fsp3) is 0.0909. The van der Waals surface area contributed by atoms with Gasteiger partial charge in [-0.1, -0.05) is 24.3 Å². The summed E-state index contributed by atoms with van der Waals surface area (Å²) in [5.41, 5.74) is 0.420. The standard InChI is InChI=1S/C22H17FN4O3/c1-13-8-9-17(23)18(10-13)25-20(28)14-11-16-19(24-12-14)27(15-6-4-3-5-7-15)22(30)26(2)21(16)29/h3-12H,1-2H3,(H,25,28). The molecule has 0 unspecified atom stereocenters. The molecule has 0 saturated carbocycles. The van der Waals surface area contributed by atoms with E-state index in [1.54, 1.807) is 43.3 Å². The maximum Gasteiger partial charge on any atom is 0.337 e. The van der Waals surface area contributed by atoms with Gasteiger partial charge >= 0.3 is 5.69 Å². The molecule has 8 heteroatoms. The Morgan fingerprint density at radius 2 is 1.80 bits per heavy atom. The molecule has 0 spiro atoms. The first-order chi connectivity index (χ1) is 14.4. The predicted octanol–water partition coefficient (Wildman–Crippen LogP) is 2.78. The summed E-state index contributed by atoms with van der Waals surface area (Å²) in [4.78, 5) is 42.2. The highest BCUT2D eigenvalue weighted by molar-refractivity contribution is 6.05. The molecule has 4 rings (SSSR count). The Labute approximate surface area is 170 Å². The maximum absolute atomic E-state index is 14.0. The van der Waals surface area contributed by atoms with Crippen LogP contribution in [0, 0.1) is 12.7 Å². The van der Waals surface area contributed by atoms with Crippen LogP contribution in [0.4, 0.5) is 10.1 Å². The van der Waals surface area contributed by atoms with Gasteiger partial charge in [-0.15, -0.1) is 0 Å². The van der Waals surface area contributed by atoms with Crippen LogP contribution in [0.25, 0.3) is 16.7 Å². The van der Waals surface area contributed by atoms with Gasteiger partial charge < -0.3 is 5.32 Å². The van der Waals surface area contributed by atoms with Crippen LogP contribution in [-0.4, -0.2) is 20.0 Å². The largest absolute Gasteiger partial charge is 0.337 e. The lowest BCUT2D eigenvalue weighted by atomic mass is 10.2. The minimum Gasteiger partial charge on any atom is -0.319 e. The number of hydrogen-bond donors (Lipinski definition) is 1. The summed E-state index contributed by atoms with van der Waals surface area (Å²) in [6.07, 6.45) is 1.25. The fourth-order valence-corrected chi connectivity index (χ4v) is 3.16. The van der Waals surface area contributed by atoms with Crippen LogP contribution in [-0.2, 0) is 7.05 Å². The van der Waals surface area contributed by atoms with Gasteiger partial charge in [-0.25, -0.2) is 18.7 Å². The first-order valence-electron chi connectivity index (χ1n) is 9.11. The highest BCUT2D eigenvalue weighted by atomic mass is 19.1. The van der Waals surface area contributed by atoms with Gasteiger partial charge in [0.2, 0.25) is 0 Å². The predicted molar refractivity (Wildman–Crippen MR) is 112 cm³/mol. The lowest BCUT2D eigenvalue weighted by molar-refractivity contribution is 0.102. The SMILES string of the molecule is Cc1ccc(F)c(NC(=O)c2cnc3c(c2)c(=O)n(C)c(=O)n3-c2ccccc2)c1. The van der Waals surface area contributed by atoms with Crippen molar-refractivity contribution in [2.75, 3.05) is 5.32 Å². The third-order valence-electron chi connectivity index (χ3n) is 4.74. The zero-order valence-electron chi connectivity index (χ0n) is 16.2. The van der Waals surface area contributed by atoms with Gasteiger partial charge in [0.15, 0.2) is 5.65 Å². The lowest BCUT2D eigenvalue weighted by Crippen LogP contribution is -2.38. The number of pyridine rings is 1. The van der Waals surface area contributed by atoms with Crippen LogP contribution in [0.1, 0.15) is 15.9 Å². The molecule has 2 aromatic carbocycles. The zero-order chi connectivity index (χ0) is 21.4. The van der Waals surface area contributed by atoms with Gasteiger partial charge in [0.25, 0.3) is 11.5 Å². The van der Waals surface area contributed by atoms with Crippen LogP contribution in [0.15, 0.2) is 70.4 Å². The minimum absolute atomic E-state index is 0.0299. The van der Waals surface area contributed by atoms with Crippen molar-refractivity contribution in [1.29, 1.82) is 0 Å². The van der Waals surface area contributed by atoms with E-state index in [9.17, 15) is 18.8 Å². The second-order valence-corrected chi connectivity index (χ2v) is 6.85. The highest BCUT2D eigenvalue weighted by Gasteiger charge is 2.17. The minimum atomic E-state index is -0.617. The number of carbonyl (C=O) groups is 1. The van der Waals surface area contributed by atoms with Crippen molar-refractivity contribution in [2.45, 2.75) is 6.92 Å². The third kappa shape index (κ3) is 3.28. The number of para-hydroxylation sites is 1. The van der Waals surface area contributed by atoms with Crippen LogP contribution in [0.3, 0.4) is 0 Å². The van der Waals surface area contributed by atoms with E-state index < -0.39 is 23.0 Å². The molecule has 2 aromatic heterocycles. The molecule has 1 N–H and O–H groups in total. The van der Waals surface area contributed by atoms with Crippen molar-refractivity contribution < 1.29 is 9.18 Å². The summed E-state index contributed by atoms with van der Waals surface area (Å²) in [7, 11) is 1.36. The van der Waals surface area contributed by atoms with Crippen LogP contribution in [0.2, 0.25) is 0 Å². The Morgan fingerprint density at radius 1 is 1.07 bits per heavy atom. The smallest absolute Gasteiger partial charge is 0.319 e. The topological polar surface area (TPSA) is 86.0 Å². The fourth-order valence-electron chi connectivity index (χ4n) is 3.16. The average Bonchev–Trinajstić information content (AvgIpc) is 2.75. The number of carbonyl (C=O) groups excluding carboxylic acids is 1. The number of anilines is 1. The van der Waals surface area contributed by atoms with Crippen LogP contribution >= 0.6 is 0 Å². The Balaban J connectivity index is 1.85. The second kappa shape index (κ2) is 7.40.